The van der Waals surface area contributed by atoms with Crippen molar-refractivity contribution < 1.29 is 8.42 Å². The lowest BCUT2D eigenvalue weighted by atomic mass is 10.4. The fourth-order valence-corrected chi connectivity index (χ4v) is 3.24. The van der Waals surface area contributed by atoms with Crippen LogP contribution >= 0.6 is 11.6 Å². The maximum Gasteiger partial charge on any atom is 0.224 e. The normalized spacial score (nSPS) is 18.3. The van der Waals surface area contributed by atoms with Gasteiger partial charge in [-0.1, -0.05) is 18.5 Å². The average molecular weight is 305 g/mol. The minimum atomic E-state index is -2.90. The van der Waals surface area contributed by atoms with E-state index < -0.39 is 9.84 Å². The Balaban J connectivity index is 2.15. The van der Waals surface area contributed by atoms with Crippen LogP contribution < -0.4 is 10.2 Å². The van der Waals surface area contributed by atoms with Crippen molar-refractivity contribution in [3.05, 3.63) is 11.2 Å². The van der Waals surface area contributed by atoms with Gasteiger partial charge in [0.15, 0.2) is 15.7 Å². The number of hydrogen-bond donors (Lipinski definition) is 1. The molecule has 1 N–H and O–H groups in total. The van der Waals surface area contributed by atoms with Crippen LogP contribution in [0.1, 0.15) is 13.3 Å². The molecule has 8 heteroatoms. The van der Waals surface area contributed by atoms with E-state index in [2.05, 4.69) is 22.2 Å². The summed E-state index contributed by atoms with van der Waals surface area (Å²) in [5.41, 5.74) is 0. The zero-order valence-corrected chi connectivity index (χ0v) is 12.3. The summed E-state index contributed by atoms with van der Waals surface area (Å²) in [5, 5.41) is 3.54. The number of nitrogens with zero attached hydrogens (tertiary/aromatic N) is 3. The first-order chi connectivity index (χ1) is 9.02. The standard InChI is InChI=1S/C11H17ClN4O2S/c1-2-3-13-11-14-8-9(12)10(15-11)16-4-6-19(17,18)7-5-16/h8H,2-7H2,1H3,(H,13,14,15). The quantitative estimate of drug-likeness (QED) is 0.900. The summed E-state index contributed by atoms with van der Waals surface area (Å²) in [7, 11) is -2.90. The summed E-state index contributed by atoms with van der Waals surface area (Å²) in [4.78, 5) is 10.4. The molecule has 0 amide bonds. The SMILES string of the molecule is CCCNc1ncc(Cl)c(N2CCS(=O)(=O)CC2)n1. The number of nitrogens with one attached hydrogen (secondary N) is 1. The van der Waals surface area contributed by atoms with Gasteiger partial charge in [0.2, 0.25) is 5.95 Å². The molecule has 6 nitrogen and oxygen atoms in total. The van der Waals surface area contributed by atoms with Crippen LogP contribution in [-0.2, 0) is 9.84 Å². The Kier molecular flexibility index (Phi) is 4.46. The molecule has 0 radical (unpaired) electrons. The van der Waals surface area contributed by atoms with Gasteiger partial charge in [0, 0.05) is 19.6 Å². The van der Waals surface area contributed by atoms with E-state index in [0.29, 0.717) is 29.9 Å². The van der Waals surface area contributed by atoms with E-state index in [1.165, 1.54) is 0 Å². The lowest BCUT2D eigenvalue weighted by Crippen LogP contribution is -2.41. The van der Waals surface area contributed by atoms with Crippen LogP contribution in [0.25, 0.3) is 0 Å². The molecular formula is C11H17ClN4O2S. The third-order valence-corrected chi connectivity index (χ3v) is 4.78. The summed E-state index contributed by atoms with van der Waals surface area (Å²) in [5.74, 6) is 1.41. The Morgan fingerprint density at radius 2 is 2.11 bits per heavy atom. The molecule has 0 aromatic carbocycles. The van der Waals surface area contributed by atoms with Gasteiger partial charge in [0.05, 0.1) is 17.7 Å². The predicted octanol–water partition coefficient (Wildman–Crippen LogP) is 1.19. The summed E-state index contributed by atoms with van der Waals surface area (Å²) in [6.45, 7) is 3.69. The Morgan fingerprint density at radius 1 is 1.42 bits per heavy atom. The minimum absolute atomic E-state index is 0.144. The van der Waals surface area contributed by atoms with Crippen molar-refractivity contribution in [3.8, 4) is 0 Å². The molecule has 1 aliphatic heterocycles. The van der Waals surface area contributed by atoms with Crippen molar-refractivity contribution in [2.24, 2.45) is 0 Å². The number of hydrogen-bond acceptors (Lipinski definition) is 6. The highest BCUT2D eigenvalue weighted by Crippen LogP contribution is 2.25. The zero-order chi connectivity index (χ0) is 13.9. The van der Waals surface area contributed by atoms with Crippen molar-refractivity contribution >= 4 is 33.2 Å². The zero-order valence-electron chi connectivity index (χ0n) is 10.8. The van der Waals surface area contributed by atoms with Gasteiger partial charge in [0.25, 0.3) is 0 Å². The number of sulfone groups is 1. The van der Waals surface area contributed by atoms with E-state index in [0.717, 1.165) is 13.0 Å². The molecule has 2 heterocycles. The highest BCUT2D eigenvalue weighted by Gasteiger charge is 2.24. The molecule has 0 atom stereocenters. The average Bonchev–Trinajstić information content (AvgIpc) is 2.38. The smallest absolute Gasteiger partial charge is 0.224 e. The molecule has 0 bridgehead atoms. The maximum atomic E-state index is 11.4. The number of anilines is 2. The summed E-state index contributed by atoms with van der Waals surface area (Å²) in [6.07, 6.45) is 2.52. The predicted molar refractivity (Wildman–Crippen MR) is 76.7 cm³/mol. The highest BCUT2D eigenvalue weighted by atomic mass is 35.5. The van der Waals surface area contributed by atoms with Gasteiger partial charge in [-0.25, -0.2) is 13.4 Å². The summed E-state index contributed by atoms with van der Waals surface area (Å²) >= 11 is 6.09. The van der Waals surface area contributed by atoms with Crippen molar-refractivity contribution in [2.75, 3.05) is 41.4 Å². The van der Waals surface area contributed by atoms with Gasteiger partial charge in [-0.15, -0.1) is 0 Å². The fourth-order valence-electron chi connectivity index (χ4n) is 1.83. The third-order valence-electron chi connectivity index (χ3n) is 2.90. The van der Waals surface area contributed by atoms with E-state index in [1.54, 1.807) is 6.20 Å². The molecule has 0 spiro atoms. The molecule has 1 fully saturated rings. The van der Waals surface area contributed by atoms with Gasteiger partial charge < -0.3 is 10.2 Å². The number of rotatable bonds is 4. The van der Waals surface area contributed by atoms with Crippen LogP contribution in [-0.4, -0.2) is 49.5 Å². The van der Waals surface area contributed by atoms with Gasteiger partial charge in [0.1, 0.15) is 5.02 Å². The maximum absolute atomic E-state index is 11.4. The molecular weight excluding hydrogens is 288 g/mol. The van der Waals surface area contributed by atoms with Crippen LogP contribution in [0.2, 0.25) is 5.02 Å². The van der Waals surface area contributed by atoms with Crippen molar-refractivity contribution in [1.82, 2.24) is 9.97 Å². The van der Waals surface area contributed by atoms with Crippen LogP contribution in [0.4, 0.5) is 11.8 Å². The lowest BCUT2D eigenvalue weighted by Gasteiger charge is -2.28. The molecule has 0 aliphatic carbocycles. The van der Waals surface area contributed by atoms with E-state index >= 15 is 0 Å². The van der Waals surface area contributed by atoms with Crippen molar-refractivity contribution in [2.45, 2.75) is 13.3 Å². The van der Waals surface area contributed by atoms with Gasteiger partial charge in [-0.3, -0.25) is 0 Å². The topological polar surface area (TPSA) is 75.2 Å². The molecule has 1 saturated heterocycles. The van der Waals surface area contributed by atoms with Crippen molar-refractivity contribution in [3.63, 3.8) is 0 Å². The third kappa shape index (κ3) is 3.70. The largest absolute Gasteiger partial charge is 0.354 e. The summed E-state index contributed by atoms with van der Waals surface area (Å²) in [6, 6.07) is 0. The Labute approximate surface area is 118 Å². The number of aromatic nitrogens is 2. The monoisotopic (exact) mass is 304 g/mol. The molecule has 1 aromatic rings. The Morgan fingerprint density at radius 3 is 2.74 bits per heavy atom. The van der Waals surface area contributed by atoms with Crippen LogP contribution in [0.3, 0.4) is 0 Å². The highest BCUT2D eigenvalue weighted by molar-refractivity contribution is 7.91. The molecule has 0 unspecified atom stereocenters. The molecule has 0 saturated carbocycles. The fraction of sp³-hybridized carbons (Fsp3) is 0.636. The summed E-state index contributed by atoms with van der Waals surface area (Å²) < 4.78 is 22.8. The van der Waals surface area contributed by atoms with Crippen LogP contribution in [0.5, 0.6) is 0 Å². The van der Waals surface area contributed by atoms with Crippen molar-refractivity contribution in [1.29, 1.82) is 0 Å². The first-order valence-electron chi connectivity index (χ1n) is 6.23. The van der Waals surface area contributed by atoms with Gasteiger partial charge in [-0.2, -0.15) is 4.98 Å². The Hall–Kier alpha value is -1.08. The van der Waals surface area contributed by atoms with Crippen LogP contribution in [0, 0.1) is 0 Å². The van der Waals surface area contributed by atoms with E-state index in [-0.39, 0.29) is 11.5 Å². The second-order valence-electron chi connectivity index (χ2n) is 4.43. The van der Waals surface area contributed by atoms with Gasteiger partial charge >= 0.3 is 0 Å². The van der Waals surface area contributed by atoms with E-state index in [4.69, 9.17) is 11.6 Å². The second kappa shape index (κ2) is 5.92. The second-order valence-corrected chi connectivity index (χ2v) is 7.14. The molecule has 19 heavy (non-hydrogen) atoms. The van der Waals surface area contributed by atoms with E-state index in [1.807, 2.05) is 4.90 Å². The Bertz CT molecular complexity index is 536. The van der Waals surface area contributed by atoms with Crippen LogP contribution in [0.15, 0.2) is 6.20 Å². The number of halogens is 1. The molecule has 1 aliphatic rings. The first-order valence-corrected chi connectivity index (χ1v) is 8.43. The molecule has 106 valence electrons. The molecule has 2 rings (SSSR count). The minimum Gasteiger partial charge on any atom is -0.354 e. The first kappa shape index (κ1) is 14.3. The van der Waals surface area contributed by atoms with E-state index in [9.17, 15) is 8.42 Å². The lowest BCUT2D eigenvalue weighted by molar-refractivity contribution is 0.586. The molecule has 1 aromatic heterocycles. The van der Waals surface area contributed by atoms with Gasteiger partial charge in [-0.05, 0) is 6.42 Å².